The maximum Gasteiger partial charge on any atom is 0.222 e. The molecule has 138 valence electrons. The Morgan fingerprint density at radius 3 is 2.38 bits per heavy atom. The van der Waals surface area contributed by atoms with Gasteiger partial charge in [-0.3, -0.25) is 4.79 Å². The van der Waals surface area contributed by atoms with Crippen molar-refractivity contribution in [3.63, 3.8) is 0 Å². The maximum absolute atomic E-state index is 13.4. The minimum atomic E-state index is -3.59. The van der Waals surface area contributed by atoms with Crippen LogP contribution < -0.4 is 0 Å². The van der Waals surface area contributed by atoms with Crippen molar-refractivity contribution < 1.29 is 22.0 Å². The minimum Gasteiger partial charge on any atom is -0.340 e. The fourth-order valence-corrected chi connectivity index (χ4v) is 4.53. The number of carbonyl (C=O) groups is 1. The van der Waals surface area contributed by atoms with Crippen molar-refractivity contribution in [3.8, 4) is 0 Å². The largest absolute Gasteiger partial charge is 0.340 e. The van der Waals surface area contributed by atoms with E-state index in [1.807, 2.05) is 0 Å². The molecule has 2 aromatic carbocycles. The predicted octanol–water partition coefficient (Wildman–Crippen LogP) is 3.24. The van der Waals surface area contributed by atoms with Gasteiger partial charge in [0.2, 0.25) is 5.91 Å². The number of rotatable bonds is 5. The van der Waals surface area contributed by atoms with Crippen LogP contribution in [0.15, 0.2) is 47.4 Å². The van der Waals surface area contributed by atoms with E-state index in [4.69, 9.17) is 11.6 Å². The average Bonchev–Trinajstić information content (AvgIpc) is 2.54. The molecule has 0 saturated carbocycles. The van der Waals surface area contributed by atoms with Crippen molar-refractivity contribution in [3.05, 3.63) is 64.7 Å². The third-order valence-corrected chi connectivity index (χ3v) is 6.80. The van der Waals surface area contributed by atoms with E-state index in [-0.39, 0.29) is 35.3 Å². The summed E-state index contributed by atoms with van der Waals surface area (Å²) in [7, 11) is -3.59. The monoisotopic (exact) mass is 399 g/mol. The number of hydrogen-bond donors (Lipinski definition) is 0. The van der Waals surface area contributed by atoms with Gasteiger partial charge in [0.15, 0.2) is 9.84 Å². The van der Waals surface area contributed by atoms with Crippen LogP contribution in [0.2, 0.25) is 5.02 Å². The van der Waals surface area contributed by atoms with Gasteiger partial charge in [-0.05, 0) is 48.4 Å². The van der Waals surface area contributed by atoms with Crippen LogP contribution in [0, 0.1) is 11.6 Å². The Morgan fingerprint density at radius 1 is 1.12 bits per heavy atom. The van der Waals surface area contributed by atoms with E-state index in [0.29, 0.717) is 12.0 Å². The number of aryl methyl sites for hydroxylation is 1. The molecule has 0 aromatic heterocycles. The quantitative estimate of drug-likeness (QED) is 0.725. The van der Waals surface area contributed by atoms with Crippen molar-refractivity contribution in [1.29, 1.82) is 0 Å². The zero-order chi connectivity index (χ0) is 18.9. The van der Waals surface area contributed by atoms with Gasteiger partial charge in [0, 0.05) is 19.5 Å². The summed E-state index contributed by atoms with van der Waals surface area (Å²) in [5, 5.41) is -0.665. The highest BCUT2D eigenvalue weighted by molar-refractivity contribution is 7.92. The molecule has 0 spiro atoms. The molecule has 4 nitrogen and oxygen atoms in total. The van der Waals surface area contributed by atoms with Crippen LogP contribution in [0.1, 0.15) is 12.0 Å². The smallest absolute Gasteiger partial charge is 0.222 e. The van der Waals surface area contributed by atoms with Crippen LogP contribution in [0.4, 0.5) is 8.78 Å². The first-order chi connectivity index (χ1) is 12.3. The summed E-state index contributed by atoms with van der Waals surface area (Å²) in [5.41, 5.74) is 0.649. The van der Waals surface area contributed by atoms with E-state index in [2.05, 4.69) is 0 Å². The second-order valence-corrected chi connectivity index (χ2v) is 8.80. The van der Waals surface area contributed by atoms with Gasteiger partial charge >= 0.3 is 0 Å². The summed E-state index contributed by atoms with van der Waals surface area (Å²) in [6.45, 7) is 0.209. The van der Waals surface area contributed by atoms with Crippen LogP contribution in [0.5, 0.6) is 0 Å². The summed E-state index contributed by atoms with van der Waals surface area (Å²) in [5.74, 6) is -1.23. The van der Waals surface area contributed by atoms with Crippen LogP contribution in [0.25, 0.3) is 0 Å². The lowest BCUT2D eigenvalue weighted by molar-refractivity contribution is -0.134. The second-order valence-electron chi connectivity index (χ2n) is 6.17. The molecule has 8 heteroatoms. The lowest BCUT2D eigenvalue weighted by atomic mass is 10.1. The van der Waals surface area contributed by atoms with E-state index in [1.165, 1.54) is 29.2 Å². The zero-order valence-electron chi connectivity index (χ0n) is 13.7. The Hall–Kier alpha value is -1.99. The molecule has 0 aliphatic carbocycles. The molecule has 1 aliphatic heterocycles. The first-order valence-electron chi connectivity index (χ1n) is 7.98. The Bertz CT molecular complexity index is 926. The lowest BCUT2D eigenvalue weighted by Gasteiger charge is -2.38. The van der Waals surface area contributed by atoms with Gasteiger partial charge in [-0.2, -0.15) is 0 Å². The third-order valence-electron chi connectivity index (χ3n) is 4.39. The normalized spacial score (nSPS) is 15.0. The number of benzene rings is 2. The highest BCUT2D eigenvalue weighted by Gasteiger charge is 2.40. The number of hydrogen-bond acceptors (Lipinski definition) is 3. The molecule has 3 rings (SSSR count). The summed E-state index contributed by atoms with van der Waals surface area (Å²) in [6.07, 6.45) is 0.503. The predicted molar refractivity (Wildman–Crippen MR) is 93.7 cm³/mol. The molecule has 0 N–H and O–H groups in total. The molecule has 1 saturated heterocycles. The van der Waals surface area contributed by atoms with Gasteiger partial charge < -0.3 is 4.90 Å². The highest BCUT2D eigenvalue weighted by Crippen LogP contribution is 2.25. The maximum atomic E-state index is 13.4. The molecule has 0 atom stereocenters. The summed E-state index contributed by atoms with van der Waals surface area (Å²) >= 11 is 5.62. The number of amides is 1. The van der Waals surface area contributed by atoms with Gasteiger partial charge in [0.25, 0.3) is 0 Å². The van der Waals surface area contributed by atoms with Gasteiger partial charge in [-0.25, -0.2) is 17.2 Å². The zero-order valence-corrected chi connectivity index (χ0v) is 15.2. The number of sulfone groups is 1. The summed E-state index contributed by atoms with van der Waals surface area (Å²) in [4.78, 5) is 13.7. The van der Waals surface area contributed by atoms with E-state index in [0.717, 1.165) is 12.1 Å². The molecule has 0 unspecified atom stereocenters. The lowest BCUT2D eigenvalue weighted by Crippen LogP contribution is -2.56. The van der Waals surface area contributed by atoms with Crippen molar-refractivity contribution in [1.82, 2.24) is 4.90 Å². The first kappa shape index (κ1) is 18.8. The van der Waals surface area contributed by atoms with E-state index >= 15 is 0 Å². The number of halogens is 3. The van der Waals surface area contributed by atoms with Crippen molar-refractivity contribution in [2.45, 2.75) is 23.0 Å². The Balaban J connectivity index is 1.54. The third kappa shape index (κ3) is 3.88. The van der Waals surface area contributed by atoms with E-state index in [9.17, 15) is 22.0 Å². The van der Waals surface area contributed by atoms with Crippen molar-refractivity contribution in [2.24, 2.45) is 0 Å². The van der Waals surface area contributed by atoms with Crippen molar-refractivity contribution >= 4 is 27.3 Å². The molecular formula is C18H16ClF2NO3S. The molecule has 1 fully saturated rings. The molecule has 2 aromatic rings. The van der Waals surface area contributed by atoms with Crippen LogP contribution in [0.3, 0.4) is 0 Å². The standard InChI is InChI=1S/C18H16ClF2NO3S/c19-16-7-1-12(9-17(16)21)2-8-18(23)22-10-15(11-22)26(24,25)14-5-3-13(20)4-6-14/h1,3-7,9,15H,2,8,10-11H2. The molecule has 1 heterocycles. The topological polar surface area (TPSA) is 54.5 Å². The second kappa shape index (κ2) is 7.32. The number of nitrogens with zero attached hydrogens (tertiary/aromatic N) is 1. The van der Waals surface area contributed by atoms with Gasteiger partial charge in [0.1, 0.15) is 16.9 Å². The molecule has 0 radical (unpaired) electrons. The van der Waals surface area contributed by atoms with Crippen molar-refractivity contribution in [2.75, 3.05) is 13.1 Å². The Kier molecular flexibility index (Phi) is 5.29. The fourth-order valence-electron chi connectivity index (χ4n) is 2.76. The van der Waals surface area contributed by atoms with Gasteiger partial charge in [-0.15, -0.1) is 0 Å². The van der Waals surface area contributed by atoms with Gasteiger partial charge in [-0.1, -0.05) is 17.7 Å². The minimum absolute atomic E-state index is 0.0247. The first-order valence-corrected chi connectivity index (χ1v) is 9.91. The molecule has 26 heavy (non-hydrogen) atoms. The Morgan fingerprint density at radius 2 is 1.77 bits per heavy atom. The van der Waals surface area contributed by atoms with Crippen LogP contribution >= 0.6 is 11.6 Å². The average molecular weight is 400 g/mol. The molecular weight excluding hydrogens is 384 g/mol. The molecule has 1 aliphatic rings. The fraction of sp³-hybridized carbons (Fsp3) is 0.278. The highest BCUT2D eigenvalue weighted by atomic mass is 35.5. The van der Waals surface area contributed by atoms with Crippen LogP contribution in [-0.2, 0) is 21.1 Å². The SMILES string of the molecule is O=C(CCc1ccc(Cl)c(F)c1)N1CC(S(=O)(=O)c2ccc(F)cc2)C1. The summed E-state index contributed by atoms with van der Waals surface area (Å²) in [6, 6.07) is 9.02. The number of carbonyl (C=O) groups excluding carboxylic acids is 1. The van der Waals surface area contributed by atoms with E-state index in [1.54, 1.807) is 6.07 Å². The number of likely N-dealkylation sites (tertiary alicyclic amines) is 1. The molecule has 0 bridgehead atoms. The summed E-state index contributed by atoms with van der Waals surface area (Å²) < 4.78 is 51.2. The Labute approximate surface area is 155 Å². The van der Waals surface area contributed by atoms with Gasteiger partial charge in [0.05, 0.1) is 9.92 Å². The van der Waals surface area contributed by atoms with E-state index < -0.39 is 26.7 Å². The van der Waals surface area contributed by atoms with Crippen LogP contribution in [-0.4, -0.2) is 37.6 Å². The molecule has 1 amide bonds.